The molecule has 56 heavy (non-hydrogen) atoms. The summed E-state index contributed by atoms with van der Waals surface area (Å²) in [7, 11) is 0. The Morgan fingerprint density at radius 3 is 2.07 bits per heavy atom. The lowest BCUT2D eigenvalue weighted by Gasteiger charge is -2.41. The number of benzene rings is 2. The van der Waals surface area contributed by atoms with Gasteiger partial charge in [0.1, 0.15) is 5.75 Å². The molecule has 0 spiro atoms. The van der Waals surface area contributed by atoms with E-state index in [4.69, 9.17) is 14.2 Å². The van der Waals surface area contributed by atoms with E-state index in [0.29, 0.717) is 76.3 Å². The molecule has 2 aromatic rings. The highest BCUT2D eigenvalue weighted by Crippen LogP contribution is 2.34. The topological polar surface area (TPSA) is 138 Å². The third-order valence-electron chi connectivity index (χ3n) is 11.8. The molecule has 6 rings (SSSR count). The number of carbonyl (C=O) groups excluding carboxylic acids is 5. The number of aryl methyl sites for hydroxylation is 2. The fraction of sp³-hybridized carbons (Fsp3) is 0.605. The van der Waals surface area contributed by atoms with Gasteiger partial charge in [-0.3, -0.25) is 19.3 Å². The minimum absolute atomic E-state index is 0. The van der Waals surface area contributed by atoms with Crippen LogP contribution in [0.25, 0.3) is 0 Å². The van der Waals surface area contributed by atoms with E-state index in [1.54, 1.807) is 4.90 Å². The van der Waals surface area contributed by atoms with Crippen molar-refractivity contribution in [1.82, 2.24) is 19.6 Å². The average Bonchev–Trinajstić information content (AvgIpc) is 3.34. The van der Waals surface area contributed by atoms with Gasteiger partial charge in [-0.1, -0.05) is 37.8 Å². The number of fused-ring (bicyclic) bond motifs is 1. The van der Waals surface area contributed by atoms with Crippen molar-refractivity contribution in [3.8, 4) is 5.75 Å². The molecule has 0 saturated carbocycles. The third kappa shape index (κ3) is 10.6. The molecule has 1 N–H and O–H groups in total. The zero-order chi connectivity index (χ0) is 39.1. The SMILES string of the molecule is C.CCOC(=O)CN1CCC(C2CCN(C(=O)[C@@H](Cc3cc(C)c(OC(C)=O)c(C)c3)OC(=O)N3CCC(N4CCc5ccccc5NC4=O)CC3)CC2)CC1. The zero-order valence-corrected chi connectivity index (χ0v) is 32.8. The van der Waals surface area contributed by atoms with E-state index in [1.807, 2.05) is 67.0 Å². The molecule has 0 aliphatic carbocycles. The van der Waals surface area contributed by atoms with E-state index < -0.39 is 18.2 Å². The molecule has 4 heterocycles. The summed E-state index contributed by atoms with van der Waals surface area (Å²) < 4.78 is 16.7. The minimum atomic E-state index is -1.03. The summed E-state index contributed by atoms with van der Waals surface area (Å²) in [6.45, 7) is 12.0. The number of likely N-dealkylation sites (tertiary alicyclic amines) is 3. The van der Waals surface area contributed by atoms with Crippen LogP contribution >= 0.6 is 0 Å². The molecule has 3 fully saturated rings. The molecule has 4 aliphatic heterocycles. The van der Waals surface area contributed by atoms with Crippen molar-refractivity contribution < 1.29 is 38.2 Å². The summed E-state index contributed by atoms with van der Waals surface area (Å²) in [5, 5.41) is 3.05. The van der Waals surface area contributed by atoms with E-state index in [1.165, 1.54) is 6.92 Å². The Morgan fingerprint density at radius 2 is 1.45 bits per heavy atom. The summed E-state index contributed by atoms with van der Waals surface area (Å²) in [4.78, 5) is 72.5. The van der Waals surface area contributed by atoms with Crippen molar-refractivity contribution in [2.45, 2.75) is 98.6 Å². The Kier molecular flexibility index (Phi) is 14.8. The van der Waals surface area contributed by atoms with Crippen molar-refractivity contribution in [3.05, 3.63) is 58.7 Å². The number of urea groups is 1. The number of amides is 4. The smallest absolute Gasteiger partial charge is 0.410 e. The maximum absolute atomic E-state index is 14.3. The van der Waals surface area contributed by atoms with Crippen LogP contribution in [0.15, 0.2) is 36.4 Å². The van der Waals surface area contributed by atoms with Crippen LogP contribution in [-0.2, 0) is 36.7 Å². The van der Waals surface area contributed by atoms with Crippen molar-refractivity contribution in [3.63, 3.8) is 0 Å². The van der Waals surface area contributed by atoms with Gasteiger partial charge in [0.2, 0.25) is 0 Å². The summed E-state index contributed by atoms with van der Waals surface area (Å²) in [5.74, 6) is 0.754. The molecule has 2 aromatic carbocycles. The zero-order valence-electron chi connectivity index (χ0n) is 32.8. The molecular weight excluding hydrogens is 714 g/mol. The standard InChI is InChI=1S/C42H57N5O8.CH4/c1-5-53-38(49)27-44-17-10-32(11-18-44)33-12-19-45(20-13-33)40(50)37(26-31-24-28(2)39(29(3)25-31)54-30(4)48)55-42(52)46-21-15-35(16-22-46)47-23-14-34-8-6-7-9-36(34)43-41(47)51;/h6-9,24-25,32-33,35,37H,5,10-23,26-27H2,1-4H3,(H,43,51);1H4/t37-;/m1./s1. The van der Waals surface area contributed by atoms with Crippen LogP contribution < -0.4 is 10.1 Å². The van der Waals surface area contributed by atoms with Crippen LogP contribution in [0.5, 0.6) is 5.75 Å². The van der Waals surface area contributed by atoms with Crippen molar-refractivity contribution in [2.75, 3.05) is 64.3 Å². The fourth-order valence-electron chi connectivity index (χ4n) is 8.92. The molecule has 0 aromatic heterocycles. The lowest BCUT2D eigenvalue weighted by Crippen LogP contribution is -2.52. The van der Waals surface area contributed by atoms with E-state index in [-0.39, 0.29) is 37.8 Å². The van der Waals surface area contributed by atoms with Gasteiger partial charge in [-0.25, -0.2) is 9.59 Å². The van der Waals surface area contributed by atoms with Crippen LogP contribution in [0, 0.1) is 25.7 Å². The Labute approximate surface area is 332 Å². The van der Waals surface area contributed by atoms with E-state index in [9.17, 15) is 24.0 Å². The Hall–Kier alpha value is -4.65. The number of nitrogens with one attached hydrogen (secondary N) is 1. The summed E-state index contributed by atoms with van der Waals surface area (Å²) in [5.41, 5.74) is 4.29. The molecule has 4 amide bonds. The molecule has 0 unspecified atom stereocenters. The fourth-order valence-corrected chi connectivity index (χ4v) is 8.92. The van der Waals surface area contributed by atoms with Gasteiger partial charge in [-0.15, -0.1) is 0 Å². The summed E-state index contributed by atoms with van der Waals surface area (Å²) >= 11 is 0. The highest BCUT2D eigenvalue weighted by molar-refractivity contribution is 5.91. The monoisotopic (exact) mass is 775 g/mol. The first-order chi connectivity index (χ1) is 26.5. The molecule has 3 saturated heterocycles. The molecule has 4 aliphatic rings. The number of para-hydroxylation sites is 1. The van der Waals surface area contributed by atoms with Crippen molar-refractivity contribution >= 4 is 35.7 Å². The molecule has 1 atom stereocenters. The number of hydrogen-bond donors (Lipinski definition) is 1. The molecule has 0 radical (unpaired) electrons. The van der Waals surface area contributed by atoms with Gasteiger partial charge in [-0.2, -0.15) is 0 Å². The molecule has 0 bridgehead atoms. The largest absolute Gasteiger partial charge is 0.465 e. The lowest BCUT2D eigenvalue weighted by atomic mass is 9.78. The van der Waals surface area contributed by atoms with Gasteiger partial charge in [0.05, 0.1) is 13.2 Å². The van der Waals surface area contributed by atoms with Gasteiger partial charge in [-0.05, 0) is 119 Å². The van der Waals surface area contributed by atoms with Crippen LogP contribution in [-0.4, -0.2) is 121 Å². The Balaban J connectivity index is 0.00000600. The second-order valence-electron chi connectivity index (χ2n) is 15.6. The summed E-state index contributed by atoms with van der Waals surface area (Å²) in [6.07, 6.45) is 4.43. The number of carbonyl (C=O) groups is 5. The summed E-state index contributed by atoms with van der Waals surface area (Å²) in [6, 6.07) is 11.5. The van der Waals surface area contributed by atoms with Gasteiger partial charge in [0.15, 0.2) is 6.10 Å². The van der Waals surface area contributed by atoms with Crippen molar-refractivity contribution in [2.24, 2.45) is 11.8 Å². The van der Waals surface area contributed by atoms with Gasteiger partial charge >= 0.3 is 24.1 Å². The van der Waals surface area contributed by atoms with Crippen LogP contribution in [0.3, 0.4) is 0 Å². The maximum Gasteiger partial charge on any atom is 0.410 e. The second-order valence-corrected chi connectivity index (χ2v) is 15.6. The lowest BCUT2D eigenvalue weighted by molar-refractivity contribution is -0.144. The first-order valence-electron chi connectivity index (χ1n) is 20.0. The van der Waals surface area contributed by atoms with Gasteiger partial charge < -0.3 is 34.2 Å². The van der Waals surface area contributed by atoms with E-state index in [0.717, 1.165) is 73.1 Å². The average molecular weight is 776 g/mol. The predicted octanol–water partition coefficient (Wildman–Crippen LogP) is 5.98. The molecule has 13 nitrogen and oxygen atoms in total. The highest BCUT2D eigenvalue weighted by atomic mass is 16.6. The first kappa shape index (κ1) is 42.5. The van der Waals surface area contributed by atoms with Gasteiger partial charge in [0, 0.05) is 57.8 Å². The molecule has 306 valence electrons. The van der Waals surface area contributed by atoms with Gasteiger partial charge in [0.25, 0.3) is 5.91 Å². The number of rotatable bonds is 10. The molecule has 13 heteroatoms. The third-order valence-corrected chi connectivity index (χ3v) is 11.8. The Bertz CT molecular complexity index is 1690. The van der Waals surface area contributed by atoms with Crippen LogP contribution in [0.1, 0.15) is 82.1 Å². The predicted molar refractivity (Wildman–Crippen MR) is 213 cm³/mol. The number of hydrogen-bond acceptors (Lipinski definition) is 9. The normalized spacial score (nSPS) is 19.2. The number of esters is 2. The van der Waals surface area contributed by atoms with E-state index >= 15 is 0 Å². The minimum Gasteiger partial charge on any atom is -0.465 e. The van der Waals surface area contributed by atoms with E-state index in [2.05, 4.69) is 10.2 Å². The van der Waals surface area contributed by atoms with Crippen molar-refractivity contribution in [1.29, 1.82) is 0 Å². The highest BCUT2D eigenvalue weighted by Gasteiger charge is 2.37. The second kappa shape index (κ2) is 19.5. The van der Waals surface area contributed by atoms with Crippen LogP contribution in [0.2, 0.25) is 0 Å². The molecular formula is C43H61N5O8. The van der Waals surface area contributed by atoms with Crippen LogP contribution in [0.4, 0.5) is 15.3 Å². The number of piperidine rings is 3. The quantitative estimate of drug-likeness (QED) is 0.228. The number of nitrogens with zero attached hydrogens (tertiary/aromatic N) is 4. The Morgan fingerprint density at radius 1 is 0.839 bits per heavy atom. The first-order valence-corrected chi connectivity index (χ1v) is 20.0. The number of ether oxygens (including phenoxy) is 3. The number of anilines is 1. The maximum atomic E-state index is 14.3.